The molecule has 0 aliphatic carbocycles. The number of nitro groups is 1. The molecule has 0 aliphatic rings. The third-order valence-electron chi connectivity index (χ3n) is 3.75. The van der Waals surface area contributed by atoms with Crippen LogP contribution in [0.5, 0.6) is 0 Å². The van der Waals surface area contributed by atoms with Gasteiger partial charge in [-0.05, 0) is 38.2 Å². The Morgan fingerprint density at radius 2 is 1.91 bits per heavy atom. The van der Waals surface area contributed by atoms with Crippen LogP contribution < -0.4 is 10.2 Å². The molecule has 0 bridgehead atoms. The Balaban J connectivity index is 2.66. The number of nitrogens with one attached hydrogen (secondary N) is 1. The normalized spacial score (nSPS) is 10.7. The number of hydrogen-bond acceptors (Lipinski definition) is 5. The topological polar surface area (TPSA) is 78.7 Å². The highest BCUT2D eigenvalue weighted by molar-refractivity contribution is 5.95. The predicted octanol–water partition coefficient (Wildman–Crippen LogP) is 2.12. The minimum Gasteiger partial charge on any atom is -0.372 e. The van der Waals surface area contributed by atoms with Crippen molar-refractivity contribution in [3.63, 3.8) is 0 Å². The van der Waals surface area contributed by atoms with Gasteiger partial charge in [-0.3, -0.25) is 14.9 Å². The van der Waals surface area contributed by atoms with Gasteiger partial charge in [-0.1, -0.05) is 13.8 Å². The van der Waals surface area contributed by atoms with Crippen LogP contribution in [0.1, 0.15) is 30.6 Å². The van der Waals surface area contributed by atoms with E-state index in [4.69, 9.17) is 0 Å². The van der Waals surface area contributed by atoms with Gasteiger partial charge in [0.15, 0.2) is 0 Å². The fourth-order valence-electron chi connectivity index (χ4n) is 2.34. The second-order valence-corrected chi connectivity index (χ2v) is 5.49. The molecule has 0 saturated heterocycles. The standard InChI is InChI=1S/C16H26N4O3/c1-5-19(6-2)11-7-10-17-16(21)13-8-9-14(18(3)4)15(12-13)20(22)23/h8-9,12H,5-7,10-11H2,1-4H3,(H,17,21). The zero-order chi connectivity index (χ0) is 17.4. The molecule has 0 aliphatic heterocycles. The van der Waals surface area contributed by atoms with Crippen LogP contribution in [0, 0.1) is 10.1 Å². The number of anilines is 1. The van der Waals surface area contributed by atoms with Gasteiger partial charge < -0.3 is 15.1 Å². The maximum atomic E-state index is 12.1. The molecule has 0 fully saturated rings. The second-order valence-electron chi connectivity index (χ2n) is 5.49. The van der Waals surface area contributed by atoms with Gasteiger partial charge >= 0.3 is 0 Å². The maximum absolute atomic E-state index is 12.1. The summed E-state index contributed by atoms with van der Waals surface area (Å²) in [5.74, 6) is -0.280. The quantitative estimate of drug-likeness (QED) is 0.428. The molecule has 128 valence electrons. The molecule has 1 aromatic carbocycles. The summed E-state index contributed by atoms with van der Waals surface area (Å²) in [7, 11) is 3.46. The summed E-state index contributed by atoms with van der Waals surface area (Å²) in [5.41, 5.74) is 0.726. The average molecular weight is 322 g/mol. The van der Waals surface area contributed by atoms with Crippen LogP contribution >= 0.6 is 0 Å². The van der Waals surface area contributed by atoms with Crippen molar-refractivity contribution in [3.8, 4) is 0 Å². The maximum Gasteiger partial charge on any atom is 0.293 e. The molecule has 0 spiro atoms. The Kier molecular flexibility index (Phi) is 7.47. The third-order valence-corrected chi connectivity index (χ3v) is 3.75. The monoisotopic (exact) mass is 322 g/mol. The van der Waals surface area contributed by atoms with E-state index in [0.717, 1.165) is 26.1 Å². The van der Waals surface area contributed by atoms with E-state index in [1.165, 1.54) is 6.07 Å². The molecule has 0 atom stereocenters. The van der Waals surface area contributed by atoms with Gasteiger partial charge in [0.1, 0.15) is 5.69 Å². The first-order valence-electron chi connectivity index (χ1n) is 7.87. The molecule has 1 N–H and O–H groups in total. The van der Waals surface area contributed by atoms with Gasteiger partial charge in [0.05, 0.1) is 4.92 Å². The zero-order valence-electron chi connectivity index (χ0n) is 14.3. The lowest BCUT2D eigenvalue weighted by Gasteiger charge is -2.17. The van der Waals surface area contributed by atoms with Crippen LogP contribution in [0.3, 0.4) is 0 Å². The first kappa shape index (κ1) is 18.9. The molecule has 0 unspecified atom stereocenters. The number of amides is 1. The summed E-state index contributed by atoms with van der Waals surface area (Å²) in [5, 5.41) is 14.0. The molecule has 0 radical (unpaired) electrons. The Morgan fingerprint density at radius 1 is 1.26 bits per heavy atom. The number of hydrogen-bond donors (Lipinski definition) is 1. The fraction of sp³-hybridized carbons (Fsp3) is 0.562. The van der Waals surface area contributed by atoms with Gasteiger partial charge in [0, 0.05) is 32.3 Å². The fourth-order valence-corrected chi connectivity index (χ4v) is 2.34. The van der Waals surface area contributed by atoms with Crippen LogP contribution in [-0.4, -0.2) is 56.0 Å². The number of nitrogens with zero attached hydrogens (tertiary/aromatic N) is 3. The highest BCUT2D eigenvalue weighted by Crippen LogP contribution is 2.27. The lowest BCUT2D eigenvalue weighted by Crippen LogP contribution is -2.30. The largest absolute Gasteiger partial charge is 0.372 e. The molecular formula is C16H26N4O3. The number of rotatable bonds is 9. The van der Waals surface area contributed by atoms with Crippen LogP contribution in [-0.2, 0) is 0 Å². The van der Waals surface area contributed by atoms with E-state index in [2.05, 4.69) is 24.1 Å². The lowest BCUT2D eigenvalue weighted by atomic mass is 10.1. The predicted molar refractivity (Wildman–Crippen MR) is 92.2 cm³/mol. The third kappa shape index (κ3) is 5.52. The summed E-state index contributed by atoms with van der Waals surface area (Å²) in [6, 6.07) is 4.54. The smallest absolute Gasteiger partial charge is 0.293 e. The molecule has 7 nitrogen and oxygen atoms in total. The van der Waals surface area contributed by atoms with Gasteiger partial charge in [0.25, 0.3) is 11.6 Å². The Hall–Kier alpha value is -2.15. The molecule has 0 aromatic heterocycles. The van der Waals surface area contributed by atoms with Gasteiger partial charge in [-0.25, -0.2) is 0 Å². The molecule has 1 amide bonds. The van der Waals surface area contributed by atoms with Crippen molar-refractivity contribution >= 4 is 17.3 Å². The summed E-state index contributed by atoms with van der Waals surface area (Å²) in [6.45, 7) is 7.66. The molecule has 23 heavy (non-hydrogen) atoms. The summed E-state index contributed by atoms with van der Waals surface area (Å²) < 4.78 is 0. The Labute approximate surface area is 137 Å². The van der Waals surface area contributed by atoms with E-state index in [1.807, 2.05) is 0 Å². The van der Waals surface area contributed by atoms with Crippen molar-refractivity contribution in [1.82, 2.24) is 10.2 Å². The van der Waals surface area contributed by atoms with E-state index in [1.54, 1.807) is 31.1 Å². The van der Waals surface area contributed by atoms with Crippen molar-refractivity contribution in [2.75, 3.05) is 45.2 Å². The Morgan fingerprint density at radius 3 is 2.43 bits per heavy atom. The van der Waals surface area contributed by atoms with Crippen molar-refractivity contribution in [1.29, 1.82) is 0 Å². The van der Waals surface area contributed by atoms with Crippen molar-refractivity contribution < 1.29 is 9.72 Å². The van der Waals surface area contributed by atoms with Gasteiger partial charge in [0.2, 0.25) is 0 Å². The number of nitro benzene ring substituents is 1. The van der Waals surface area contributed by atoms with Crippen LogP contribution in [0.25, 0.3) is 0 Å². The molecule has 1 rings (SSSR count). The summed E-state index contributed by atoms with van der Waals surface area (Å²) >= 11 is 0. The minimum absolute atomic E-state index is 0.0641. The SMILES string of the molecule is CCN(CC)CCCNC(=O)c1ccc(N(C)C)c([N+](=O)[O-])c1. The average Bonchev–Trinajstić information content (AvgIpc) is 2.54. The number of carbonyl (C=O) groups is 1. The summed E-state index contributed by atoms with van der Waals surface area (Å²) in [4.78, 5) is 26.7. The lowest BCUT2D eigenvalue weighted by molar-refractivity contribution is -0.384. The van der Waals surface area contributed by atoms with E-state index in [0.29, 0.717) is 17.8 Å². The number of carbonyl (C=O) groups excluding carboxylic acids is 1. The Bertz CT molecular complexity index is 542. The van der Waals surface area contributed by atoms with Crippen molar-refractivity contribution in [2.24, 2.45) is 0 Å². The van der Waals surface area contributed by atoms with Crippen LogP contribution in [0.2, 0.25) is 0 Å². The van der Waals surface area contributed by atoms with Gasteiger partial charge in [-0.2, -0.15) is 0 Å². The first-order valence-corrected chi connectivity index (χ1v) is 7.87. The highest BCUT2D eigenvalue weighted by atomic mass is 16.6. The molecule has 7 heteroatoms. The van der Waals surface area contributed by atoms with E-state index >= 15 is 0 Å². The second kappa shape index (κ2) is 9.09. The first-order chi connectivity index (χ1) is 10.9. The van der Waals surface area contributed by atoms with E-state index in [9.17, 15) is 14.9 Å². The highest BCUT2D eigenvalue weighted by Gasteiger charge is 2.18. The molecule has 1 aromatic rings. The van der Waals surface area contributed by atoms with Crippen LogP contribution in [0.15, 0.2) is 18.2 Å². The number of benzene rings is 1. The molecular weight excluding hydrogens is 296 g/mol. The molecule has 0 heterocycles. The van der Waals surface area contributed by atoms with Crippen LogP contribution in [0.4, 0.5) is 11.4 Å². The zero-order valence-corrected chi connectivity index (χ0v) is 14.3. The summed E-state index contributed by atoms with van der Waals surface area (Å²) in [6.07, 6.45) is 0.852. The minimum atomic E-state index is -0.466. The van der Waals surface area contributed by atoms with E-state index in [-0.39, 0.29) is 11.6 Å². The van der Waals surface area contributed by atoms with Crippen molar-refractivity contribution in [3.05, 3.63) is 33.9 Å². The van der Waals surface area contributed by atoms with Crippen molar-refractivity contribution in [2.45, 2.75) is 20.3 Å². The van der Waals surface area contributed by atoms with E-state index < -0.39 is 4.92 Å². The molecule has 0 saturated carbocycles. The van der Waals surface area contributed by atoms with Gasteiger partial charge in [-0.15, -0.1) is 0 Å².